The molecule has 0 radical (unpaired) electrons. The summed E-state index contributed by atoms with van der Waals surface area (Å²) in [4.78, 5) is 5.68. The summed E-state index contributed by atoms with van der Waals surface area (Å²) in [5.41, 5.74) is 2.89. The zero-order chi connectivity index (χ0) is 16.4. The molecule has 24 heavy (non-hydrogen) atoms. The van der Waals surface area contributed by atoms with Crippen molar-refractivity contribution in [3.63, 3.8) is 0 Å². The Morgan fingerprint density at radius 2 is 2.04 bits per heavy atom. The van der Waals surface area contributed by atoms with Gasteiger partial charge in [-0.1, -0.05) is 0 Å². The lowest BCUT2D eigenvalue weighted by Crippen LogP contribution is -2.08. The number of aromatic amines is 1. The van der Waals surface area contributed by atoms with Gasteiger partial charge in [0.25, 0.3) is 0 Å². The largest absolute Gasteiger partial charge is 0.493 e. The molecule has 7 heteroatoms. The second kappa shape index (κ2) is 6.88. The summed E-state index contributed by atoms with van der Waals surface area (Å²) in [5.74, 6) is 0.850. The summed E-state index contributed by atoms with van der Waals surface area (Å²) in [7, 11) is 0. The maximum absolute atomic E-state index is 5.84. The first kappa shape index (κ1) is 15.6. The Hall–Kier alpha value is -1.96. The number of nitrogens with one attached hydrogen (secondary N) is 1. The molecule has 0 saturated heterocycles. The van der Waals surface area contributed by atoms with Gasteiger partial charge >= 0.3 is 0 Å². The number of ether oxygens (including phenoxy) is 3. The highest BCUT2D eigenvalue weighted by molar-refractivity contribution is 7.15. The molecule has 4 rings (SSSR count). The fourth-order valence-corrected chi connectivity index (χ4v) is 3.73. The van der Waals surface area contributed by atoms with E-state index in [9.17, 15) is 0 Å². The molecule has 0 spiro atoms. The second-order valence-electron chi connectivity index (χ2n) is 5.67. The topological polar surface area (TPSA) is 69.3 Å². The van der Waals surface area contributed by atoms with Crippen LogP contribution in [-0.4, -0.2) is 41.6 Å². The van der Waals surface area contributed by atoms with Crippen LogP contribution in [0, 0.1) is 6.92 Å². The van der Waals surface area contributed by atoms with Gasteiger partial charge in [0.05, 0.1) is 42.5 Å². The number of thiazole rings is 1. The minimum atomic E-state index is 0.506. The Balaban J connectivity index is 1.74. The number of aryl methyl sites for hydroxylation is 1. The smallest absolute Gasteiger partial charge is 0.120 e. The maximum atomic E-state index is 5.84. The highest BCUT2D eigenvalue weighted by atomic mass is 32.1. The van der Waals surface area contributed by atoms with Gasteiger partial charge < -0.3 is 14.2 Å². The summed E-state index contributed by atoms with van der Waals surface area (Å²) in [6.45, 7) is 4.97. The second-order valence-corrected chi connectivity index (χ2v) is 6.75. The zero-order valence-electron chi connectivity index (χ0n) is 13.5. The van der Waals surface area contributed by atoms with E-state index < -0.39 is 0 Å². The van der Waals surface area contributed by atoms with Crippen molar-refractivity contribution in [2.75, 3.05) is 26.4 Å². The molecule has 126 valence electrons. The van der Waals surface area contributed by atoms with Crippen molar-refractivity contribution in [3.05, 3.63) is 28.9 Å². The molecule has 1 aliphatic heterocycles. The molecule has 3 heterocycles. The average molecular weight is 345 g/mol. The molecule has 3 aromatic rings. The molecule has 4 bridgehead atoms. The quantitative estimate of drug-likeness (QED) is 0.677. The van der Waals surface area contributed by atoms with Gasteiger partial charge in [-0.3, -0.25) is 5.10 Å². The highest BCUT2D eigenvalue weighted by Gasteiger charge is 2.16. The first-order valence-corrected chi connectivity index (χ1v) is 8.86. The number of fused-ring (bicyclic) bond motifs is 4. The summed E-state index contributed by atoms with van der Waals surface area (Å²) in [6.07, 6.45) is 0.850. The minimum absolute atomic E-state index is 0.506. The molecule has 1 aliphatic rings. The van der Waals surface area contributed by atoms with E-state index >= 15 is 0 Å². The van der Waals surface area contributed by atoms with Gasteiger partial charge in [0.1, 0.15) is 16.5 Å². The standard InChI is InChI=1S/C17H19N3O3S/c1-11-17-16-13-9-12(3-4-14(13)19-20-16)23-6-2-5-21-7-8-22-10-15(18-11)24-17/h3-4,9H,2,5-8,10H2,1H3,(H,19,20). The van der Waals surface area contributed by atoms with Crippen molar-refractivity contribution in [2.24, 2.45) is 0 Å². The maximum Gasteiger partial charge on any atom is 0.120 e. The summed E-state index contributed by atoms with van der Waals surface area (Å²) in [6, 6.07) is 6.00. The van der Waals surface area contributed by atoms with Gasteiger partial charge in [0.2, 0.25) is 0 Å². The van der Waals surface area contributed by atoms with Crippen molar-refractivity contribution < 1.29 is 14.2 Å². The number of H-pyrrole nitrogens is 1. The molecule has 0 unspecified atom stereocenters. The lowest BCUT2D eigenvalue weighted by atomic mass is 10.1. The Morgan fingerprint density at radius 1 is 1.12 bits per heavy atom. The molecular weight excluding hydrogens is 326 g/mol. The van der Waals surface area contributed by atoms with Crippen LogP contribution in [0.1, 0.15) is 17.1 Å². The predicted octanol–water partition coefficient (Wildman–Crippen LogP) is 3.31. The van der Waals surface area contributed by atoms with E-state index in [1.165, 1.54) is 0 Å². The first-order chi connectivity index (χ1) is 11.8. The van der Waals surface area contributed by atoms with E-state index in [0.717, 1.165) is 44.3 Å². The number of benzene rings is 1. The summed E-state index contributed by atoms with van der Waals surface area (Å²) >= 11 is 1.62. The number of hydrogen-bond acceptors (Lipinski definition) is 6. The van der Waals surface area contributed by atoms with Crippen LogP contribution in [0.3, 0.4) is 0 Å². The van der Waals surface area contributed by atoms with E-state index in [2.05, 4.69) is 15.2 Å². The average Bonchev–Trinajstić information content (AvgIpc) is 3.15. The van der Waals surface area contributed by atoms with E-state index in [1.54, 1.807) is 11.3 Å². The van der Waals surface area contributed by atoms with Crippen LogP contribution in [-0.2, 0) is 16.1 Å². The van der Waals surface area contributed by atoms with E-state index in [4.69, 9.17) is 14.2 Å². The fourth-order valence-electron chi connectivity index (χ4n) is 2.72. The molecule has 6 nitrogen and oxygen atoms in total. The third-order valence-electron chi connectivity index (χ3n) is 3.89. The Labute approximate surface area is 143 Å². The van der Waals surface area contributed by atoms with Gasteiger partial charge in [-0.15, -0.1) is 11.3 Å². The number of hydrogen-bond donors (Lipinski definition) is 1. The van der Waals surface area contributed by atoms with E-state index in [0.29, 0.717) is 33.0 Å². The number of rotatable bonds is 0. The summed E-state index contributed by atoms with van der Waals surface area (Å²) < 4.78 is 17.0. The monoisotopic (exact) mass is 345 g/mol. The first-order valence-electron chi connectivity index (χ1n) is 8.04. The van der Waals surface area contributed by atoms with Crippen LogP contribution in [0.4, 0.5) is 0 Å². The Kier molecular flexibility index (Phi) is 4.46. The van der Waals surface area contributed by atoms with Gasteiger partial charge in [0, 0.05) is 18.4 Å². The molecule has 0 amide bonds. The Morgan fingerprint density at radius 3 is 3.00 bits per heavy atom. The van der Waals surface area contributed by atoms with Gasteiger partial charge in [0.15, 0.2) is 0 Å². The van der Waals surface area contributed by atoms with Crippen LogP contribution < -0.4 is 4.74 Å². The predicted molar refractivity (Wildman–Crippen MR) is 92.5 cm³/mol. The van der Waals surface area contributed by atoms with E-state index in [1.807, 2.05) is 25.1 Å². The molecule has 1 aromatic carbocycles. The minimum Gasteiger partial charge on any atom is -0.493 e. The van der Waals surface area contributed by atoms with Crippen LogP contribution in [0.2, 0.25) is 0 Å². The van der Waals surface area contributed by atoms with Crippen LogP contribution in [0.15, 0.2) is 18.2 Å². The third-order valence-corrected chi connectivity index (χ3v) is 5.03. The van der Waals surface area contributed by atoms with Crippen LogP contribution in [0.25, 0.3) is 21.5 Å². The molecule has 0 atom stereocenters. The van der Waals surface area contributed by atoms with Gasteiger partial charge in [-0.25, -0.2) is 4.98 Å². The van der Waals surface area contributed by atoms with Crippen LogP contribution in [0.5, 0.6) is 5.75 Å². The molecule has 0 aliphatic carbocycles. The molecule has 2 aromatic heterocycles. The molecular formula is C17H19N3O3S. The lowest BCUT2D eigenvalue weighted by molar-refractivity contribution is 0.0368. The van der Waals surface area contributed by atoms with Crippen LogP contribution >= 0.6 is 11.3 Å². The van der Waals surface area contributed by atoms with Crippen molar-refractivity contribution in [1.82, 2.24) is 15.2 Å². The number of aromatic nitrogens is 3. The lowest BCUT2D eigenvalue weighted by Gasteiger charge is -2.08. The summed E-state index contributed by atoms with van der Waals surface area (Å²) in [5, 5.41) is 9.60. The van der Waals surface area contributed by atoms with Crippen molar-refractivity contribution in [3.8, 4) is 16.3 Å². The van der Waals surface area contributed by atoms with Gasteiger partial charge in [-0.2, -0.15) is 5.10 Å². The fraction of sp³-hybridized carbons (Fsp3) is 0.412. The normalized spacial score (nSPS) is 16.4. The SMILES string of the molecule is Cc1nc2sc1-c1n[nH]c3ccc(cc13)OCCCOCCOC2. The molecule has 1 N–H and O–H groups in total. The van der Waals surface area contributed by atoms with E-state index in [-0.39, 0.29) is 0 Å². The molecule has 0 fully saturated rings. The van der Waals surface area contributed by atoms with Crippen molar-refractivity contribution >= 4 is 22.2 Å². The van der Waals surface area contributed by atoms with Crippen molar-refractivity contribution in [1.29, 1.82) is 0 Å². The molecule has 0 saturated carbocycles. The number of nitrogens with zero attached hydrogens (tertiary/aromatic N) is 2. The Bertz CT molecular complexity index is 843. The van der Waals surface area contributed by atoms with Crippen molar-refractivity contribution in [2.45, 2.75) is 20.0 Å². The third kappa shape index (κ3) is 3.15. The zero-order valence-corrected chi connectivity index (χ0v) is 14.3. The highest BCUT2D eigenvalue weighted by Crippen LogP contribution is 2.35. The van der Waals surface area contributed by atoms with Gasteiger partial charge in [-0.05, 0) is 25.1 Å².